The maximum Gasteiger partial charge on any atom is 0.411 e. The normalized spacial score (nSPS) is 16.7. The standard InChI is InChI=1S/C6H10F3NO3/c1-3(4(10)5(11)12)13-2-6(7,8)9/h3-4H,2,10H2,1H3,(H,11,12). The van der Waals surface area contributed by atoms with E-state index < -0.39 is 30.9 Å². The van der Waals surface area contributed by atoms with Gasteiger partial charge in [-0.2, -0.15) is 13.2 Å². The Kier molecular flexibility index (Phi) is 4.15. The molecule has 2 unspecified atom stereocenters. The fraction of sp³-hybridized carbons (Fsp3) is 0.833. The van der Waals surface area contributed by atoms with Gasteiger partial charge in [-0.05, 0) is 6.92 Å². The van der Waals surface area contributed by atoms with Crippen LogP contribution in [0.3, 0.4) is 0 Å². The molecule has 0 aliphatic carbocycles. The zero-order valence-corrected chi connectivity index (χ0v) is 6.84. The van der Waals surface area contributed by atoms with Crippen molar-refractivity contribution >= 4 is 5.97 Å². The van der Waals surface area contributed by atoms with E-state index >= 15 is 0 Å². The van der Waals surface area contributed by atoms with Gasteiger partial charge in [0.15, 0.2) is 0 Å². The van der Waals surface area contributed by atoms with E-state index in [1.54, 1.807) is 0 Å². The van der Waals surface area contributed by atoms with Gasteiger partial charge in [0.1, 0.15) is 12.6 Å². The second kappa shape index (κ2) is 4.43. The summed E-state index contributed by atoms with van der Waals surface area (Å²) in [7, 11) is 0. The molecule has 0 spiro atoms. The van der Waals surface area contributed by atoms with Crippen LogP contribution in [0.1, 0.15) is 6.92 Å². The zero-order valence-electron chi connectivity index (χ0n) is 6.84. The van der Waals surface area contributed by atoms with E-state index in [9.17, 15) is 18.0 Å². The minimum absolute atomic E-state index is 1.17. The first-order valence-corrected chi connectivity index (χ1v) is 3.41. The molecule has 7 heteroatoms. The van der Waals surface area contributed by atoms with Crippen molar-refractivity contribution in [2.45, 2.75) is 25.2 Å². The van der Waals surface area contributed by atoms with E-state index in [1.807, 2.05) is 0 Å². The van der Waals surface area contributed by atoms with Crippen LogP contribution in [0, 0.1) is 0 Å². The van der Waals surface area contributed by atoms with E-state index in [0.29, 0.717) is 0 Å². The summed E-state index contributed by atoms with van der Waals surface area (Å²) >= 11 is 0. The third kappa shape index (κ3) is 5.42. The molecule has 0 rings (SSSR count). The first kappa shape index (κ1) is 12.2. The Balaban J connectivity index is 3.88. The average molecular weight is 201 g/mol. The van der Waals surface area contributed by atoms with E-state index in [4.69, 9.17) is 10.8 Å². The summed E-state index contributed by atoms with van der Waals surface area (Å²) in [6, 6.07) is -1.44. The lowest BCUT2D eigenvalue weighted by Crippen LogP contribution is -2.42. The van der Waals surface area contributed by atoms with Crippen molar-refractivity contribution < 1.29 is 27.8 Å². The molecule has 78 valence electrons. The smallest absolute Gasteiger partial charge is 0.411 e. The quantitative estimate of drug-likeness (QED) is 0.689. The van der Waals surface area contributed by atoms with Crippen LogP contribution in [0.2, 0.25) is 0 Å². The Morgan fingerprint density at radius 3 is 2.38 bits per heavy atom. The van der Waals surface area contributed by atoms with Crippen LogP contribution in [0.25, 0.3) is 0 Å². The molecular weight excluding hydrogens is 191 g/mol. The molecule has 0 saturated carbocycles. The Labute approximate surface area is 72.5 Å². The molecule has 13 heavy (non-hydrogen) atoms. The fourth-order valence-corrected chi connectivity index (χ4v) is 0.530. The maximum atomic E-state index is 11.6. The van der Waals surface area contributed by atoms with Gasteiger partial charge in [0.25, 0.3) is 0 Å². The third-order valence-electron chi connectivity index (χ3n) is 1.30. The number of alkyl halides is 3. The summed E-state index contributed by atoms with van der Waals surface area (Å²) in [5.41, 5.74) is 5.00. The highest BCUT2D eigenvalue weighted by Gasteiger charge is 2.30. The van der Waals surface area contributed by atoms with Gasteiger partial charge in [-0.3, -0.25) is 4.79 Å². The topological polar surface area (TPSA) is 72.5 Å². The van der Waals surface area contributed by atoms with Crippen LogP contribution in [-0.2, 0) is 9.53 Å². The van der Waals surface area contributed by atoms with Crippen LogP contribution < -0.4 is 5.73 Å². The summed E-state index contributed by atoms with van der Waals surface area (Å²) in [4.78, 5) is 10.2. The first-order chi connectivity index (χ1) is 5.74. The highest BCUT2D eigenvalue weighted by molar-refractivity contribution is 5.73. The largest absolute Gasteiger partial charge is 0.480 e. The number of ether oxygens (including phenoxy) is 1. The molecular formula is C6H10F3NO3. The minimum Gasteiger partial charge on any atom is -0.480 e. The van der Waals surface area contributed by atoms with Crippen molar-refractivity contribution in [3.63, 3.8) is 0 Å². The van der Waals surface area contributed by atoms with Gasteiger partial charge < -0.3 is 15.6 Å². The lowest BCUT2D eigenvalue weighted by Gasteiger charge is -2.17. The Morgan fingerprint density at radius 2 is 2.08 bits per heavy atom. The van der Waals surface area contributed by atoms with Gasteiger partial charge >= 0.3 is 12.1 Å². The first-order valence-electron chi connectivity index (χ1n) is 3.41. The van der Waals surface area contributed by atoms with Gasteiger partial charge in [0.05, 0.1) is 6.10 Å². The number of hydrogen-bond acceptors (Lipinski definition) is 3. The number of carboxylic acid groups (broad SMARTS) is 1. The summed E-state index contributed by atoms with van der Waals surface area (Å²) in [5, 5.41) is 8.30. The van der Waals surface area contributed by atoms with Gasteiger partial charge in [-0.15, -0.1) is 0 Å². The molecule has 0 aromatic carbocycles. The van der Waals surface area contributed by atoms with Gasteiger partial charge in [0.2, 0.25) is 0 Å². The van der Waals surface area contributed by atoms with Crippen molar-refractivity contribution in [2.75, 3.05) is 6.61 Å². The molecule has 0 heterocycles. The van der Waals surface area contributed by atoms with Gasteiger partial charge in [0, 0.05) is 0 Å². The second-order valence-corrected chi connectivity index (χ2v) is 2.50. The Hall–Kier alpha value is -0.820. The Morgan fingerprint density at radius 1 is 1.62 bits per heavy atom. The molecule has 0 bridgehead atoms. The van der Waals surface area contributed by atoms with Crippen molar-refractivity contribution in [2.24, 2.45) is 5.73 Å². The monoisotopic (exact) mass is 201 g/mol. The molecule has 0 saturated heterocycles. The lowest BCUT2D eigenvalue weighted by molar-refractivity contribution is -0.187. The second-order valence-electron chi connectivity index (χ2n) is 2.50. The molecule has 0 aromatic heterocycles. The van der Waals surface area contributed by atoms with Crippen LogP contribution >= 0.6 is 0 Å². The summed E-state index contributed by atoms with van der Waals surface area (Å²) in [6.07, 6.45) is -5.63. The average Bonchev–Trinajstić information content (AvgIpc) is 1.97. The molecule has 0 aliphatic heterocycles. The number of carboxylic acids is 1. The van der Waals surface area contributed by atoms with Crippen molar-refractivity contribution in [1.82, 2.24) is 0 Å². The highest BCUT2D eigenvalue weighted by atomic mass is 19.4. The van der Waals surface area contributed by atoms with E-state index in [-0.39, 0.29) is 0 Å². The highest BCUT2D eigenvalue weighted by Crippen LogP contribution is 2.15. The molecule has 3 N–H and O–H groups in total. The summed E-state index contributed by atoms with van der Waals surface area (Å²) in [5.74, 6) is -1.39. The lowest BCUT2D eigenvalue weighted by atomic mass is 10.2. The summed E-state index contributed by atoms with van der Waals surface area (Å²) in [6.45, 7) is -0.320. The SMILES string of the molecule is CC(OCC(F)(F)F)C(N)C(=O)O. The Bertz CT molecular complexity index is 182. The van der Waals surface area contributed by atoms with E-state index in [1.165, 1.54) is 6.92 Å². The molecule has 0 aliphatic rings. The zero-order chi connectivity index (χ0) is 10.6. The number of aliphatic carboxylic acids is 1. The van der Waals surface area contributed by atoms with Gasteiger partial charge in [-0.25, -0.2) is 0 Å². The predicted molar refractivity (Wildman–Crippen MR) is 37.1 cm³/mol. The number of carbonyl (C=O) groups is 1. The van der Waals surface area contributed by atoms with E-state index in [0.717, 1.165) is 0 Å². The van der Waals surface area contributed by atoms with Gasteiger partial charge in [-0.1, -0.05) is 0 Å². The third-order valence-corrected chi connectivity index (χ3v) is 1.30. The summed E-state index contributed by atoms with van der Waals surface area (Å²) < 4.78 is 38.9. The molecule has 0 amide bonds. The molecule has 0 radical (unpaired) electrons. The van der Waals surface area contributed by atoms with Crippen molar-refractivity contribution in [3.05, 3.63) is 0 Å². The molecule has 2 atom stereocenters. The van der Waals surface area contributed by atoms with Crippen LogP contribution in [0.4, 0.5) is 13.2 Å². The predicted octanol–water partition coefficient (Wildman–Crippen LogP) is 0.366. The molecule has 0 fully saturated rings. The van der Waals surface area contributed by atoms with Crippen LogP contribution in [0.5, 0.6) is 0 Å². The molecule has 4 nitrogen and oxygen atoms in total. The number of nitrogens with two attached hydrogens (primary N) is 1. The van der Waals surface area contributed by atoms with Crippen molar-refractivity contribution in [1.29, 1.82) is 0 Å². The fourth-order valence-electron chi connectivity index (χ4n) is 0.530. The number of hydrogen-bond donors (Lipinski definition) is 2. The van der Waals surface area contributed by atoms with E-state index in [2.05, 4.69) is 4.74 Å². The van der Waals surface area contributed by atoms with Crippen LogP contribution in [-0.4, -0.2) is 36.0 Å². The minimum atomic E-state index is -4.47. The number of rotatable bonds is 4. The van der Waals surface area contributed by atoms with Crippen molar-refractivity contribution in [3.8, 4) is 0 Å². The molecule has 0 aromatic rings. The number of halogens is 3. The maximum absolute atomic E-state index is 11.6. The van der Waals surface area contributed by atoms with Crippen LogP contribution in [0.15, 0.2) is 0 Å².